The lowest BCUT2D eigenvalue weighted by atomic mass is 10.1. The molecule has 1 N–H and O–H groups in total. The summed E-state index contributed by atoms with van der Waals surface area (Å²) in [6.45, 7) is 8.09. The van der Waals surface area contributed by atoms with Crippen molar-refractivity contribution >= 4 is 17.2 Å². The van der Waals surface area contributed by atoms with Crippen molar-refractivity contribution in [2.24, 2.45) is 0 Å². The summed E-state index contributed by atoms with van der Waals surface area (Å²) in [7, 11) is 0. The minimum atomic E-state index is -0.297. The van der Waals surface area contributed by atoms with E-state index >= 15 is 0 Å². The van der Waals surface area contributed by atoms with E-state index in [9.17, 15) is 9.18 Å². The summed E-state index contributed by atoms with van der Waals surface area (Å²) < 4.78 is 18.9. The lowest BCUT2D eigenvalue weighted by molar-refractivity contribution is 0.0943. The molecule has 0 aliphatic heterocycles. The highest BCUT2D eigenvalue weighted by Gasteiger charge is 2.18. The molecule has 3 rings (SSSR count). The molecule has 0 saturated heterocycles. The molecule has 0 spiro atoms. The Kier molecular flexibility index (Phi) is 6.09. The third kappa shape index (κ3) is 4.75. The minimum absolute atomic E-state index is 0.191. The Morgan fingerprint density at radius 3 is 2.54 bits per heavy atom. The third-order valence-corrected chi connectivity index (χ3v) is 5.74. The highest BCUT2D eigenvalue weighted by atomic mass is 32.1. The first-order valence-electron chi connectivity index (χ1n) is 9.06. The number of aromatic nitrogens is 1. The number of halogens is 1. The van der Waals surface area contributed by atoms with Crippen LogP contribution < -0.4 is 10.1 Å². The number of nitrogens with one attached hydrogen (secondary N) is 1. The van der Waals surface area contributed by atoms with Gasteiger partial charge in [-0.3, -0.25) is 4.79 Å². The van der Waals surface area contributed by atoms with E-state index < -0.39 is 0 Å². The number of ether oxygens (including phenoxy) is 1. The first-order valence-corrected chi connectivity index (χ1v) is 9.88. The number of rotatable bonds is 6. The molecule has 0 radical (unpaired) electrons. The molecule has 2 aromatic carbocycles. The molecule has 0 saturated carbocycles. The molecule has 4 nitrogen and oxygen atoms in total. The summed E-state index contributed by atoms with van der Waals surface area (Å²) in [5.74, 6) is 0.296. The highest BCUT2D eigenvalue weighted by molar-refractivity contribution is 7.13. The summed E-state index contributed by atoms with van der Waals surface area (Å²) in [6.07, 6.45) is 0. The Balaban J connectivity index is 1.64. The number of aryl methyl sites for hydroxylation is 3. The van der Waals surface area contributed by atoms with Crippen LogP contribution in [0.1, 0.15) is 50.0 Å². The van der Waals surface area contributed by atoms with Gasteiger partial charge < -0.3 is 10.1 Å². The smallest absolute Gasteiger partial charge is 0.263 e. The molecule has 0 fully saturated rings. The Morgan fingerprint density at radius 2 is 1.86 bits per heavy atom. The molecule has 28 heavy (non-hydrogen) atoms. The average molecular weight is 399 g/mol. The number of hydrogen-bond acceptors (Lipinski definition) is 4. The quantitative estimate of drug-likeness (QED) is 0.615. The second kappa shape index (κ2) is 8.52. The normalized spacial score (nSPS) is 11.9. The van der Waals surface area contributed by atoms with Crippen LogP contribution in [0.15, 0.2) is 42.5 Å². The molecule has 0 aliphatic rings. The van der Waals surface area contributed by atoms with E-state index in [2.05, 4.69) is 17.2 Å². The zero-order valence-corrected chi connectivity index (χ0v) is 17.2. The lowest BCUT2D eigenvalue weighted by Gasteiger charge is -2.13. The van der Waals surface area contributed by atoms with Gasteiger partial charge in [-0.1, -0.05) is 18.2 Å². The molecular formula is C22H23FN2O2S. The van der Waals surface area contributed by atoms with Gasteiger partial charge in [0.15, 0.2) is 0 Å². The standard InChI is InChI=1S/C22H23FN2O2S/c1-13-5-10-19(11-14(13)2)27-12-20-24-16(4)21(28-20)22(26)25-15(3)17-6-8-18(23)9-7-17/h5-11,15H,12H2,1-4H3,(H,25,26)/t15-/m0/s1. The fourth-order valence-corrected chi connectivity index (χ4v) is 3.65. The molecular weight excluding hydrogens is 375 g/mol. The van der Waals surface area contributed by atoms with Crippen molar-refractivity contribution in [2.75, 3.05) is 0 Å². The van der Waals surface area contributed by atoms with E-state index in [-0.39, 0.29) is 17.8 Å². The number of benzene rings is 2. The van der Waals surface area contributed by atoms with Crippen LogP contribution in [-0.2, 0) is 6.61 Å². The first-order chi connectivity index (χ1) is 13.3. The Bertz CT molecular complexity index is 983. The number of thiazole rings is 1. The van der Waals surface area contributed by atoms with Crippen LogP contribution in [0, 0.1) is 26.6 Å². The average Bonchev–Trinajstić information content (AvgIpc) is 3.04. The van der Waals surface area contributed by atoms with Gasteiger partial charge in [0.1, 0.15) is 28.1 Å². The van der Waals surface area contributed by atoms with E-state index in [1.54, 1.807) is 12.1 Å². The summed E-state index contributed by atoms with van der Waals surface area (Å²) in [6, 6.07) is 11.8. The molecule has 0 aliphatic carbocycles. The van der Waals surface area contributed by atoms with E-state index in [0.29, 0.717) is 17.2 Å². The van der Waals surface area contributed by atoms with Crippen molar-refractivity contribution in [3.8, 4) is 5.75 Å². The van der Waals surface area contributed by atoms with Gasteiger partial charge in [0.2, 0.25) is 0 Å². The summed E-state index contributed by atoms with van der Waals surface area (Å²) in [5.41, 5.74) is 3.90. The fraction of sp³-hybridized carbons (Fsp3) is 0.273. The maximum atomic E-state index is 13.1. The van der Waals surface area contributed by atoms with Gasteiger partial charge in [-0.25, -0.2) is 9.37 Å². The molecule has 146 valence electrons. The second-order valence-corrected chi connectivity index (χ2v) is 7.89. The van der Waals surface area contributed by atoms with Crippen molar-refractivity contribution in [1.82, 2.24) is 10.3 Å². The molecule has 1 aromatic heterocycles. The van der Waals surface area contributed by atoms with Gasteiger partial charge in [-0.2, -0.15) is 0 Å². The van der Waals surface area contributed by atoms with Gasteiger partial charge in [0, 0.05) is 0 Å². The van der Waals surface area contributed by atoms with Crippen LogP contribution in [0.5, 0.6) is 5.75 Å². The van der Waals surface area contributed by atoms with Crippen LogP contribution in [0.25, 0.3) is 0 Å². The monoisotopic (exact) mass is 398 g/mol. The van der Waals surface area contributed by atoms with E-state index in [4.69, 9.17) is 4.74 Å². The molecule has 1 atom stereocenters. The van der Waals surface area contributed by atoms with Crippen molar-refractivity contribution in [2.45, 2.75) is 40.3 Å². The predicted molar refractivity (Wildman–Crippen MR) is 109 cm³/mol. The Labute approximate surface area is 168 Å². The largest absolute Gasteiger partial charge is 0.486 e. The van der Waals surface area contributed by atoms with Crippen LogP contribution in [0.3, 0.4) is 0 Å². The van der Waals surface area contributed by atoms with E-state index in [0.717, 1.165) is 16.3 Å². The second-order valence-electron chi connectivity index (χ2n) is 6.80. The van der Waals surface area contributed by atoms with Gasteiger partial charge in [-0.15, -0.1) is 11.3 Å². The van der Waals surface area contributed by atoms with E-state index in [1.807, 2.05) is 39.0 Å². The van der Waals surface area contributed by atoms with Gasteiger partial charge in [0.05, 0.1) is 11.7 Å². The van der Waals surface area contributed by atoms with Crippen LogP contribution >= 0.6 is 11.3 Å². The number of carbonyl (C=O) groups excluding carboxylic acids is 1. The van der Waals surface area contributed by atoms with Crippen molar-refractivity contribution in [3.05, 3.63) is 80.6 Å². The van der Waals surface area contributed by atoms with Gasteiger partial charge >= 0.3 is 0 Å². The molecule has 0 unspecified atom stereocenters. The highest BCUT2D eigenvalue weighted by Crippen LogP contribution is 2.23. The number of amides is 1. The van der Waals surface area contributed by atoms with Crippen molar-refractivity contribution in [1.29, 1.82) is 0 Å². The molecule has 0 bridgehead atoms. The Morgan fingerprint density at radius 1 is 1.14 bits per heavy atom. The van der Waals surface area contributed by atoms with Gasteiger partial charge in [-0.05, 0) is 68.7 Å². The van der Waals surface area contributed by atoms with Crippen LogP contribution in [0.4, 0.5) is 4.39 Å². The number of carbonyl (C=O) groups is 1. The first kappa shape index (κ1) is 20.0. The Hall–Kier alpha value is -2.73. The summed E-state index contributed by atoms with van der Waals surface area (Å²) in [5, 5.41) is 3.69. The lowest BCUT2D eigenvalue weighted by Crippen LogP contribution is -2.26. The third-order valence-electron chi connectivity index (χ3n) is 4.61. The van der Waals surface area contributed by atoms with Crippen LogP contribution in [0.2, 0.25) is 0 Å². The van der Waals surface area contributed by atoms with Crippen molar-refractivity contribution in [3.63, 3.8) is 0 Å². The zero-order valence-electron chi connectivity index (χ0n) is 16.4. The number of hydrogen-bond donors (Lipinski definition) is 1. The zero-order chi connectivity index (χ0) is 20.3. The summed E-state index contributed by atoms with van der Waals surface area (Å²) >= 11 is 1.33. The van der Waals surface area contributed by atoms with Crippen LogP contribution in [-0.4, -0.2) is 10.9 Å². The molecule has 3 aromatic rings. The molecule has 1 amide bonds. The maximum Gasteiger partial charge on any atom is 0.263 e. The van der Waals surface area contributed by atoms with Crippen molar-refractivity contribution < 1.29 is 13.9 Å². The number of nitrogens with zero attached hydrogens (tertiary/aromatic N) is 1. The van der Waals surface area contributed by atoms with E-state index in [1.165, 1.54) is 34.6 Å². The fourth-order valence-electron chi connectivity index (χ4n) is 2.77. The predicted octanol–water partition coefficient (Wildman–Crippen LogP) is 5.28. The topological polar surface area (TPSA) is 51.2 Å². The maximum absolute atomic E-state index is 13.1. The molecule has 6 heteroatoms. The SMILES string of the molecule is Cc1ccc(OCc2nc(C)c(C(=O)N[C@@H](C)c3ccc(F)cc3)s2)cc1C. The van der Waals surface area contributed by atoms with Gasteiger partial charge in [0.25, 0.3) is 5.91 Å². The summed E-state index contributed by atoms with van der Waals surface area (Å²) in [4.78, 5) is 17.7. The molecule has 1 heterocycles. The minimum Gasteiger partial charge on any atom is -0.486 e.